The van der Waals surface area contributed by atoms with Crippen LogP contribution in [0, 0.1) is 11.8 Å². The van der Waals surface area contributed by atoms with Crippen molar-refractivity contribution < 1.29 is 43.2 Å². The smallest absolute Gasteiger partial charge is 0.305 e. The summed E-state index contributed by atoms with van der Waals surface area (Å²) < 4.78 is 28.2. The summed E-state index contributed by atoms with van der Waals surface area (Å²) in [6, 6.07) is 0. The van der Waals surface area contributed by atoms with E-state index in [-0.39, 0.29) is 45.1 Å². The van der Waals surface area contributed by atoms with Gasteiger partial charge in [0.1, 0.15) is 0 Å². The normalized spacial score (nSPS) is 12.4. The summed E-state index contributed by atoms with van der Waals surface area (Å²) in [5, 5.41) is 9.77. The molecule has 9 heteroatoms. The average Bonchev–Trinajstić information content (AvgIpc) is 3.17. The van der Waals surface area contributed by atoms with E-state index in [2.05, 4.69) is 52.0 Å². The van der Waals surface area contributed by atoms with E-state index in [0.29, 0.717) is 45.0 Å². The first-order valence-corrected chi connectivity index (χ1v) is 22.0. The molecule has 1 N–H and O–H groups in total. The van der Waals surface area contributed by atoms with Crippen molar-refractivity contribution in [2.75, 3.05) is 39.6 Å². The lowest BCUT2D eigenvalue weighted by Crippen LogP contribution is -2.25. The Balaban J connectivity index is 4.35. The Morgan fingerprint density at radius 1 is 0.481 bits per heavy atom. The topological polar surface area (TPSA) is 118 Å². The maximum atomic E-state index is 12.5. The van der Waals surface area contributed by atoms with Gasteiger partial charge in [-0.15, -0.1) is 0 Å². The molecule has 0 aliphatic carbocycles. The minimum absolute atomic E-state index is 0.0432. The number of hydrogen-bond acceptors (Lipinski definition) is 9. The molecule has 1 unspecified atom stereocenters. The van der Waals surface area contributed by atoms with E-state index >= 15 is 0 Å². The number of carbonyl (C=O) groups excluding carboxylic acids is 3. The number of rotatable bonds is 40. The minimum atomic E-state index is -0.512. The number of esters is 3. The third-order valence-corrected chi connectivity index (χ3v) is 9.48. The van der Waals surface area contributed by atoms with Crippen molar-refractivity contribution in [1.29, 1.82) is 0 Å². The molecular formula is C45H82O9. The number of aliphatic hydroxyl groups is 1. The molecule has 0 fully saturated rings. The summed E-state index contributed by atoms with van der Waals surface area (Å²) >= 11 is 0. The second-order valence-corrected chi connectivity index (χ2v) is 14.7. The van der Waals surface area contributed by atoms with E-state index in [1.54, 1.807) is 0 Å². The van der Waals surface area contributed by atoms with E-state index < -0.39 is 24.1 Å². The van der Waals surface area contributed by atoms with Crippen molar-refractivity contribution >= 4 is 17.9 Å². The number of carbonyl (C=O) groups is 3. The molecule has 0 rings (SSSR count). The highest BCUT2D eigenvalue weighted by atomic mass is 16.7. The van der Waals surface area contributed by atoms with E-state index in [1.807, 2.05) is 0 Å². The lowest BCUT2D eigenvalue weighted by Gasteiger charge is -2.19. The number of ether oxygens (including phenoxy) is 5. The summed E-state index contributed by atoms with van der Waals surface area (Å²) in [6.45, 7) is 9.95. The predicted molar refractivity (Wildman–Crippen MR) is 219 cm³/mol. The van der Waals surface area contributed by atoms with E-state index in [9.17, 15) is 19.5 Å². The fourth-order valence-electron chi connectivity index (χ4n) is 6.00. The van der Waals surface area contributed by atoms with E-state index in [0.717, 1.165) is 57.8 Å². The van der Waals surface area contributed by atoms with Crippen LogP contribution in [0.3, 0.4) is 0 Å². The Bertz CT molecular complexity index is 883. The molecular weight excluding hydrogens is 684 g/mol. The van der Waals surface area contributed by atoms with Gasteiger partial charge in [-0.05, 0) is 76.5 Å². The average molecular weight is 767 g/mol. The number of hydrogen-bond donors (Lipinski definition) is 1. The zero-order valence-electron chi connectivity index (χ0n) is 35.2. The van der Waals surface area contributed by atoms with Gasteiger partial charge in [0.2, 0.25) is 0 Å². The van der Waals surface area contributed by atoms with Gasteiger partial charge < -0.3 is 28.8 Å². The maximum Gasteiger partial charge on any atom is 0.305 e. The lowest BCUT2D eigenvalue weighted by atomic mass is 9.92. The van der Waals surface area contributed by atoms with Crippen molar-refractivity contribution in [2.24, 2.45) is 11.8 Å². The van der Waals surface area contributed by atoms with Crippen LogP contribution >= 0.6 is 0 Å². The number of aliphatic hydroxyl groups excluding tert-OH is 1. The van der Waals surface area contributed by atoms with Gasteiger partial charge in [-0.1, -0.05) is 116 Å². The van der Waals surface area contributed by atoms with Crippen molar-refractivity contribution in [2.45, 2.75) is 195 Å². The second-order valence-electron chi connectivity index (χ2n) is 14.7. The Kier molecular flexibility index (Phi) is 38.8. The van der Waals surface area contributed by atoms with Gasteiger partial charge >= 0.3 is 17.9 Å². The molecule has 0 amide bonds. The first-order valence-electron chi connectivity index (χ1n) is 22.0. The van der Waals surface area contributed by atoms with Crippen molar-refractivity contribution in [1.82, 2.24) is 0 Å². The third-order valence-electron chi connectivity index (χ3n) is 9.48. The Hall–Kier alpha value is -2.23. The monoisotopic (exact) mass is 767 g/mol. The van der Waals surface area contributed by atoms with Gasteiger partial charge in [0.05, 0.1) is 38.8 Å². The highest BCUT2D eigenvalue weighted by Gasteiger charge is 2.17. The summed E-state index contributed by atoms with van der Waals surface area (Å²) in [5.41, 5.74) is 0. The van der Waals surface area contributed by atoms with Gasteiger partial charge in [0.25, 0.3) is 0 Å². The predicted octanol–water partition coefficient (Wildman–Crippen LogP) is 11.1. The van der Waals surface area contributed by atoms with Gasteiger partial charge in [-0.2, -0.15) is 0 Å². The molecule has 0 heterocycles. The van der Waals surface area contributed by atoms with Crippen LogP contribution in [-0.4, -0.2) is 68.9 Å². The standard InChI is InChI=1S/C45H82O9/c1-5-9-13-17-19-25-34-51-45(52-35-26-20-18-14-10-6-2)32-31-44(49)54-39-41(37-46)38-53-43(48)30-24-23-29-42(47)50-36-33-40(27-21-15-11-7-3)28-22-16-12-8-4/h9-10,13-14,40-41,45-46H,5-8,11-12,15-39H2,1-4H3/b13-9-,14-10-. The first kappa shape index (κ1) is 51.8. The van der Waals surface area contributed by atoms with Crippen LogP contribution in [0.5, 0.6) is 0 Å². The molecule has 0 saturated heterocycles. The molecule has 9 nitrogen and oxygen atoms in total. The number of unbranched alkanes of at least 4 members (excludes halogenated alkanes) is 11. The molecule has 0 saturated carbocycles. The summed E-state index contributed by atoms with van der Waals surface area (Å²) in [6.07, 6.45) is 31.8. The largest absolute Gasteiger partial charge is 0.466 e. The molecule has 0 aliphatic heterocycles. The van der Waals surface area contributed by atoms with E-state index in [4.69, 9.17) is 23.7 Å². The van der Waals surface area contributed by atoms with Gasteiger partial charge in [-0.3, -0.25) is 14.4 Å². The van der Waals surface area contributed by atoms with E-state index in [1.165, 1.54) is 64.2 Å². The number of allylic oxidation sites excluding steroid dienone is 4. The quantitative estimate of drug-likeness (QED) is 0.0214. The van der Waals surface area contributed by atoms with Crippen LogP contribution in [-0.2, 0) is 38.1 Å². The maximum absolute atomic E-state index is 12.5. The molecule has 0 aromatic rings. The molecule has 0 spiro atoms. The van der Waals surface area contributed by atoms with Crippen LogP contribution in [0.4, 0.5) is 0 Å². The zero-order valence-corrected chi connectivity index (χ0v) is 35.2. The minimum Gasteiger partial charge on any atom is -0.466 e. The lowest BCUT2D eigenvalue weighted by molar-refractivity contribution is -0.161. The first-order chi connectivity index (χ1) is 26.4. The Labute approximate surface area is 330 Å². The fourth-order valence-corrected chi connectivity index (χ4v) is 6.00. The second kappa shape index (κ2) is 40.4. The summed E-state index contributed by atoms with van der Waals surface area (Å²) in [4.78, 5) is 37.2. The van der Waals surface area contributed by atoms with Gasteiger partial charge in [-0.25, -0.2) is 0 Å². The molecule has 0 aromatic carbocycles. The third kappa shape index (κ3) is 35.5. The Morgan fingerprint density at radius 2 is 0.981 bits per heavy atom. The van der Waals surface area contributed by atoms with Crippen LogP contribution < -0.4 is 0 Å². The van der Waals surface area contributed by atoms with Crippen LogP contribution in [0.25, 0.3) is 0 Å². The van der Waals surface area contributed by atoms with Gasteiger partial charge in [0, 0.05) is 32.5 Å². The molecule has 0 aromatic heterocycles. The van der Waals surface area contributed by atoms with Crippen molar-refractivity contribution in [3.8, 4) is 0 Å². The summed E-state index contributed by atoms with van der Waals surface area (Å²) in [7, 11) is 0. The van der Waals surface area contributed by atoms with Gasteiger partial charge in [0.15, 0.2) is 6.29 Å². The molecule has 0 bridgehead atoms. The fraction of sp³-hybridized carbons (Fsp3) is 0.844. The highest BCUT2D eigenvalue weighted by molar-refractivity contribution is 5.70. The molecule has 0 radical (unpaired) electrons. The van der Waals surface area contributed by atoms with Crippen molar-refractivity contribution in [3.05, 3.63) is 24.3 Å². The molecule has 54 heavy (non-hydrogen) atoms. The molecule has 316 valence electrons. The SMILES string of the molecule is CC/C=C\CCCCOC(CCC(=O)OCC(CO)COC(=O)CCCCC(=O)OCCC(CCCCCC)CCCCCC)OCCCC/C=C\CC. The van der Waals surface area contributed by atoms with Crippen LogP contribution in [0.15, 0.2) is 24.3 Å². The Morgan fingerprint density at radius 3 is 1.46 bits per heavy atom. The summed E-state index contributed by atoms with van der Waals surface area (Å²) in [5.74, 6) is -0.914. The van der Waals surface area contributed by atoms with Crippen molar-refractivity contribution in [3.63, 3.8) is 0 Å². The van der Waals surface area contributed by atoms with Crippen LogP contribution in [0.1, 0.15) is 188 Å². The van der Waals surface area contributed by atoms with Crippen LogP contribution in [0.2, 0.25) is 0 Å². The molecule has 1 atom stereocenters. The molecule has 0 aliphatic rings. The zero-order chi connectivity index (χ0) is 39.7. The highest BCUT2D eigenvalue weighted by Crippen LogP contribution is 2.22.